The largest absolute Gasteiger partial charge is 0.312 e. The van der Waals surface area contributed by atoms with Crippen LogP contribution in [-0.2, 0) is 16.0 Å². The Morgan fingerprint density at radius 1 is 1.19 bits per heavy atom. The molecule has 1 heterocycles. The van der Waals surface area contributed by atoms with E-state index in [1.807, 2.05) is 42.2 Å². The maximum absolute atomic E-state index is 12.8. The van der Waals surface area contributed by atoms with Gasteiger partial charge in [-0.2, -0.15) is 0 Å². The van der Waals surface area contributed by atoms with E-state index < -0.39 is 0 Å². The summed E-state index contributed by atoms with van der Waals surface area (Å²) in [4.78, 5) is 28.5. The Bertz CT molecular complexity index is 835. The summed E-state index contributed by atoms with van der Waals surface area (Å²) in [6.07, 6.45) is 2.26. The van der Waals surface area contributed by atoms with Gasteiger partial charge >= 0.3 is 0 Å². The lowest BCUT2D eigenvalue weighted by Gasteiger charge is -2.30. The number of amides is 2. The molecule has 5 heteroatoms. The first-order chi connectivity index (χ1) is 12.5. The number of halogens is 1. The van der Waals surface area contributed by atoms with E-state index >= 15 is 0 Å². The fourth-order valence-electron chi connectivity index (χ4n) is 3.50. The van der Waals surface area contributed by atoms with E-state index in [0.717, 1.165) is 36.3 Å². The van der Waals surface area contributed by atoms with Crippen molar-refractivity contribution in [1.29, 1.82) is 0 Å². The zero-order chi connectivity index (χ0) is 18.7. The number of carbonyl (C=O) groups is 2. The van der Waals surface area contributed by atoms with Gasteiger partial charge in [-0.05, 0) is 55.2 Å². The van der Waals surface area contributed by atoms with Crippen molar-refractivity contribution in [2.45, 2.75) is 33.1 Å². The van der Waals surface area contributed by atoms with Crippen molar-refractivity contribution >= 4 is 34.8 Å². The van der Waals surface area contributed by atoms with Gasteiger partial charge in [-0.25, -0.2) is 0 Å². The molecule has 3 rings (SSSR count). The molecule has 0 fully saturated rings. The number of hydrogen-bond acceptors (Lipinski definition) is 2. The maximum Gasteiger partial charge on any atom is 0.228 e. The minimum absolute atomic E-state index is 0.0509. The number of nitrogens with zero attached hydrogens (tertiary/aromatic N) is 2. The summed E-state index contributed by atoms with van der Waals surface area (Å²) in [5.74, 6) is -0.0303. The molecule has 1 aliphatic rings. The molecular formula is C21H23ClN2O2. The second kappa shape index (κ2) is 7.92. The van der Waals surface area contributed by atoms with Crippen LogP contribution in [0.2, 0.25) is 5.02 Å². The SMILES string of the molecule is CC(=O)N(CCC(=O)N1CCCc2ccccc21)c1ccc(Cl)cc1C. The molecule has 0 spiro atoms. The van der Waals surface area contributed by atoms with Crippen molar-refractivity contribution in [2.75, 3.05) is 22.9 Å². The van der Waals surface area contributed by atoms with Crippen LogP contribution in [0.25, 0.3) is 0 Å². The Morgan fingerprint density at radius 3 is 2.69 bits per heavy atom. The number of para-hydroxylation sites is 1. The monoisotopic (exact) mass is 370 g/mol. The number of carbonyl (C=O) groups excluding carboxylic acids is 2. The quantitative estimate of drug-likeness (QED) is 0.801. The first-order valence-electron chi connectivity index (χ1n) is 8.90. The van der Waals surface area contributed by atoms with Crippen LogP contribution in [0.5, 0.6) is 0 Å². The molecule has 0 atom stereocenters. The Kier molecular flexibility index (Phi) is 5.62. The van der Waals surface area contributed by atoms with E-state index in [-0.39, 0.29) is 18.2 Å². The van der Waals surface area contributed by atoms with Crippen molar-refractivity contribution in [3.05, 3.63) is 58.6 Å². The normalized spacial score (nSPS) is 13.3. The standard InChI is InChI=1S/C21H23ClN2O2/c1-15-14-18(22)9-10-19(15)23(16(2)25)13-11-21(26)24-12-5-7-17-6-3-4-8-20(17)24/h3-4,6,8-10,14H,5,7,11-13H2,1-2H3. The van der Waals surface area contributed by atoms with Gasteiger partial charge in [0.15, 0.2) is 0 Å². The maximum atomic E-state index is 12.8. The predicted octanol–water partition coefficient (Wildman–Crippen LogP) is 4.37. The Labute approximate surface area is 159 Å². The van der Waals surface area contributed by atoms with Crippen LogP contribution in [0, 0.1) is 6.92 Å². The highest BCUT2D eigenvalue weighted by Crippen LogP contribution is 2.28. The van der Waals surface area contributed by atoms with Crippen LogP contribution in [0.1, 0.15) is 30.9 Å². The Hall–Kier alpha value is -2.33. The van der Waals surface area contributed by atoms with Gasteiger partial charge in [0.25, 0.3) is 0 Å². The van der Waals surface area contributed by atoms with Gasteiger partial charge in [0, 0.05) is 42.8 Å². The zero-order valence-electron chi connectivity index (χ0n) is 15.2. The van der Waals surface area contributed by atoms with Crippen LogP contribution in [0.15, 0.2) is 42.5 Å². The molecule has 0 unspecified atom stereocenters. The fourth-order valence-corrected chi connectivity index (χ4v) is 3.73. The Morgan fingerprint density at radius 2 is 1.96 bits per heavy atom. The van der Waals surface area contributed by atoms with Crippen LogP contribution in [0.3, 0.4) is 0 Å². The van der Waals surface area contributed by atoms with Crippen molar-refractivity contribution in [2.24, 2.45) is 0 Å². The predicted molar refractivity (Wildman–Crippen MR) is 106 cm³/mol. The van der Waals surface area contributed by atoms with Gasteiger partial charge in [-0.1, -0.05) is 29.8 Å². The molecule has 4 nitrogen and oxygen atoms in total. The highest BCUT2D eigenvalue weighted by atomic mass is 35.5. The first-order valence-corrected chi connectivity index (χ1v) is 9.27. The van der Waals surface area contributed by atoms with Crippen LogP contribution < -0.4 is 9.80 Å². The minimum Gasteiger partial charge on any atom is -0.312 e. The van der Waals surface area contributed by atoms with E-state index in [1.165, 1.54) is 12.5 Å². The van der Waals surface area contributed by atoms with Crippen molar-refractivity contribution < 1.29 is 9.59 Å². The van der Waals surface area contributed by atoms with E-state index in [0.29, 0.717) is 11.6 Å². The van der Waals surface area contributed by atoms with E-state index in [2.05, 4.69) is 6.07 Å². The number of aryl methyl sites for hydroxylation is 2. The molecule has 0 saturated carbocycles. The van der Waals surface area contributed by atoms with E-state index in [1.54, 1.807) is 11.0 Å². The summed E-state index contributed by atoms with van der Waals surface area (Å²) in [5.41, 5.74) is 3.93. The third kappa shape index (κ3) is 3.91. The van der Waals surface area contributed by atoms with Gasteiger partial charge < -0.3 is 9.80 Å². The summed E-state index contributed by atoms with van der Waals surface area (Å²) in [5, 5.41) is 0.635. The molecule has 0 saturated heterocycles. The average Bonchev–Trinajstić information content (AvgIpc) is 2.62. The number of rotatable bonds is 4. The molecule has 0 N–H and O–H groups in total. The topological polar surface area (TPSA) is 40.6 Å². The highest BCUT2D eigenvalue weighted by molar-refractivity contribution is 6.30. The molecule has 0 radical (unpaired) electrons. The van der Waals surface area contributed by atoms with Crippen LogP contribution >= 0.6 is 11.6 Å². The number of hydrogen-bond donors (Lipinski definition) is 0. The molecule has 2 aromatic rings. The summed E-state index contributed by atoms with van der Waals surface area (Å²) < 4.78 is 0. The van der Waals surface area contributed by atoms with E-state index in [9.17, 15) is 9.59 Å². The Balaban J connectivity index is 1.74. The van der Waals surface area contributed by atoms with Crippen LogP contribution in [-0.4, -0.2) is 24.9 Å². The lowest BCUT2D eigenvalue weighted by molar-refractivity contribution is -0.118. The molecule has 2 amide bonds. The summed E-state index contributed by atoms with van der Waals surface area (Å²) in [6, 6.07) is 13.5. The second-order valence-electron chi connectivity index (χ2n) is 6.63. The van der Waals surface area contributed by atoms with Crippen molar-refractivity contribution in [3.8, 4) is 0 Å². The summed E-state index contributed by atoms with van der Waals surface area (Å²) in [6.45, 7) is 4.53. The number of benzene rings is 2. The van der Waals surface area contributed by atoms with Gasteiger partial charge in [0.1, 0.15) is 0 Å². The fraction of sp³-hybridized carbons (Fsp3) is 0.333. The molecule has 26 heavy (non-hydrogen) atoms. The van der Waals surface area contributed by atoms with Gasteiger partial charge in [-0.15, -0.1) is 0 Å². The minimum atomic E-state index is -0.0812. The third-order valence-corrected chi connectivity index (χ3v) is 5.03. The molecule has 136 valence electrons. The lowest BCUT2D eigenvalue weighted by atomic mass is 10.0. The molecule has 2 aromatic carbocycles. The number of anilines is 2. The molecule has 1 aliphatic heterocycles. The van der Waals surface area contributed by atoms with Crippen molar-refractivity contribution in [1.82, 2.24) is 0 Å². The third-order valence-electron chi connectivity index (χ3n) is 4.79. The lowest BCUT2D eigenvalue weighted by Crippen LogP contribution is -2.39. The smallest absolute Gasteiger partial charge is 0.228 e. The van der Waals surface area contributed by atoms with Crippen molar-refractivity contribution in [3.63, 3.8) is 0 Å². The van der Waals surface area contributed by atoms with Gasteiger partial charge in [-0.3, -0.25) is 9.59 Å². The molecule has 0 bridgehead atoms. The zero-order valence-corrected chi connectivity index (χ0v) is 15.9. The van der Waals surface area contributed by atoms with E-state index in [4.69, 9.17) is 11.6 Å². The second-order valence-corrected chi connectivity index (χ2v) is 7.07. The van der Waals surface area contributed by atoms with Crippen LogP contribution in [0.4, 0.5) is 11.4 Å². The number of fused-ring (bicyclic) bond motifs is 1. The summed E-state index contributed by atoms with van der Waals surface area (Å²) in [7, 11) is 0. The summed E-state index contributed by atoms with van der Waals surface area (Å²) >= 11 is 6.01. The first kappa shape index (κ1) is 18.5. The highest BCUT2D eigenvalue weighted by Gasteiger charge is 2.23. The van der Waals surface area contributed by atoms with Gasteiger partial charge in [0.05, 0.1) is 0 Å². The molecule has 0 aliphatic carbocycles. The molecule has 0 aromatic heterocycles. The molecular weight excluding hydrogens is 348 g/mol. The van der Waals surface area contributed by atoms with Gasteiger partial charge in [0.2, 0.25) is 11.8 Å². The average molecular weight is 371 g/mol.